The molecule has 0 aromatic heterocycles. The van der Waals surface area contributed by atoms with Gasteiger partial charge in [0.05, 0.1) is 25.9 Å². The van der Waals surface area contributed by atoms with Gasteiger partial charge < -0.3 is 29.7 Å². The summed E-state index contributed by atoms with van der Waals surface area (Å²) >= 11 is 0. The van der Waals surface area contributed by atoms with Crippen molar-refractivity contribution in [2.75, 3.05) is 60.2 Å². The van der Waals surface area contributed by atoms with Crippen LogP contribution >= 0.6 is 0 Å². The molecule has 1 aliphatic rings. The lowest BCUT2D eigenvalue weighted by Crippen LogP contribution is -2.38. The maximum absolute atomic E-state index is 5.79. The van der Waals surface area contributed by atoms with Crippen molar-refractivity contribution in [3.8, 4) is 5.75 Å². The molecule has 1 heterocycles. The van der Waals surface area contributed by atoms with E-state index in [0.29, 0.717) is 6.54 Å². The Bertz CT molecular complexity index is 572. The summed E-state index contributed by atoms with van der Waals surface area (Å²) in [7, 11) is 4.15. The molecule has 7 heteroatoms. The number of nitrogens with one attached hydrogen (secondary N) is 2. The number of aliphatic imine (C=N–C) groups is 1. The van der Waals surface area contributed by atoms with Crippen LogP contribution in [0.1, 0.15) is 31.7 Å². The van der Waals surface area contributed by atoms with E-state index < -0.39 is 0 Å². The van der Waals surface area contributed by atoms with E-state index in [1.165, 1.54) is 0 Å². The van der Waals surface area contributed by atoms with Crippen LogP contribution in [0.5, 0.6) is 5.75 Å². The van der Waals surface area contributed by atoms with E-state index in [1.54, 1.807) is 0 Å². The van der Waals surface area contributed by atoms with Gasteiger partial charge >= 0.3 is 0 Å². The van der Waals surface area contributed by atoms with Crippen LogP contribution in [-0.2, 0) is 16.0 Å². The number of guanidine groups is 1. The fourth-order valence-electron chi connectivity index (χ4n) is 2.95. The molecule has 0 aliphatic carbocycles. The summed E-state index contributed by atoms with van der Waals surface area (Å²) in [5.74, 6) is 1.75. The molecule has 1 aliphatic heterocycles. The second-order valence-corrected chi connectivity index (χ2v) is 7.48. The van der Waals surface area contributed by atoms with E-state index in [4.69, 9.17) is 14.2 Å². The summed E-state index contributed by atoms with van der Waals surface area (Å²) in [6, 6.07) is 8.19. The minimum Gasteiger partial charge on any atom is -0.494 e. The highest BCUT2D eigenvalue weighted by Crippen LogP contribution is 2.13. The average molecular weight is 407 g/mol. The number of rotatable bonds is 13. The van der Waals surface area contributed by atoms with E-state index in [-0.39, 0.29) is 6.10 Å². The van der Waals surface area contributed by atoms with Crippen LogP contribution in [-0.4, -0.2) is 77.1 Å². The van der Waals surface area contributed by atoms with Crippen LogP contribution < -0.4 is 15.4 Å². The lowest BCUT2D eigenvalue weighted by Gasteiger charge is -2.13. The Kier molecular flexibility index (Phi) is 11.5. The third-order valence-electron chi connectivity index (χ3n) is 4.56. The molecule has 29 heavy (non-hydrogen) atoms. The van der Waals surface area contributed by atoms with Crippen molar-refractivity contribution in [3.63, 3.8) is 0 Å². The topological polar surface area (TPSA) is 67.4 Å². The minimum absolute atomic E-state index is 0.275. The SMILES string of the molecule is CCNC(=NCc1ccc(OCCCN(C)C)cc1)NCCCOC1CCOC1. The van der Waals surface area contributed by atoms with Crippen LogP contribution in [0.4, 0.5) is 0 Å². The van der Waals surface area contributed by atoms with Gasteiger partial charge in [0.2, 0.25) is 0 Å². The van der Waals surface area contributed by atoms with Crippen molar-refractivity contribution >= 4 is 5.96 Å². The summed E-state index contributed by atoms with van der Waals surface area (Å²) in [4.78, 5) is 6.84. The van der Waals surface area contributed by atoms with Crippen molar-refractivity contribution < 1.29 is 14.2 Å². The lowest BCUT2D eigenvalue weighted by atomic mass is 10.2. The predicted molar refractivity (Wildman–Crippen MR) is 118 cm³/mol. The summed E-state index contributed by atoms with van der Waals surface area (Å²) in [6.45, 7) is 8.45. The largest absolute Gasteiger partial charge is 0.494 e. The van der Waals surface area contributed by atoms with Gasteiger partial charge in [-0.3, -0.25) is 0 Å². The molecule has 1 aromatic rings. The molecule has 0 bridgehead atoms. The average Bonchev–Trinajstić information content (AvgIpc) is 3.23. The maximum Gasteiger partial charge on any atom is 0.191 e. The zero-order valence-electron chi connectivity index (χ0n) is 18.3. The molecular weight excluding hydrogens is 368 g/mol. The summed E-state index contributed by atoms with van der Waals surface area (Å²) in [5.41, 5.74) is 1.16. The quantitative estimate of drug-likeness (QED) is 0.298. The molecule has 1 unspecified atom stereocenters. The zero-order valence-corrected chi connectivity index (χ0v) is 18.3. The lowest BCUT2D eigenvalue weighted by molar-refractivity contribution is 0.0420. The highest BCUT2D eigenvalue weighted by molar-refractivity contribution is 5.79. The van der Waals surface area contributed by atoms with Crippen LogP contribution in [0.25, 0.3) is 0 Å². The Morgan fingerprint density at radius 2 is 2.00 bits per heavy atom. The first-order chi connectivity index (χ1) is 14.2. The molecule has 0 spiro atoms. The third kappa shape index (κ3) is 10.5. The maximum atomic E-state index is 5.79. The smallest absolute Gasteiger partial charge is 0.191 e. The van der Waals surface area contributed by atoms with Gasteiger partial charge in [-0.25, -0.2) is 4.99 Å². The van der Waals surface area contributed by atoms with Crippen molar-refractivity contribution in [1.82, 2.24) is 15.5 Å². The Morgan fingerprint density at radius 3 is 2.69 bits per heavy atom. The zero-order chi connectivity index (χ0) is 20.7. The minimum atomic E-state index is 0.275. The standard InChI is InChI=1S/C22H38N4O3/c1-4-23-22(24-12-5-14-29-21-11-16-27-18-21)25-17-19-7-9-20(10-8-19)28-15-6-13-26(2)3/h7-10,21H,4-6,11-18H2,1-3H3,(H2,23,24,25). The van der Waals surface area contributed by atoms with Gasteiger partial charge in [0, 0.05) is 32.8 Å². The van der Waals surface area contributed by atoms with Crippen molar-refractivity contribution in [2.45, 2.75) is 38.8 Å². The van der Waals surface area contributed by atoms with E-state index in [2.05, 4.69) is 53.7 Å². The number of hydrogen-bond donors (Lipinski definition) is 2. The summed E-state index contributed by atoms with van der Waals surface area (Å²) in [6.07, 6.45) is 3.26. The molecule has 164 valence electrons. The third-order valence-corrected chi connectivity index (χ3v) is 4.56. The first-order valence-electron chi connectivity index (χ1n) is 10.8. The number of nitrogens with zero attached hydrogens (tertiary/aromatic N) is 2. The first-order valence-corrected chi connectivity index (χ1v) is 10.8. The fourth-order valence-corrected chi connectivity index (χ4v) is 2.95. The van der Waals surface area contributed by atoms with Crippen LogP contribution in [0.15, 0.2) is 29.3 Å². The summed E-state index contributed by atoms with van der Waals surface area (Å²) in [5, 5.41) is 6.66. The van der Waals surface area contributed by atoms with Crippen molar-refractivity contribution in [3.05, 3.63) is 29.8 Å². The predicted octanol–water partition coefficient (Wildman–Crippen LogP) is 2.27. The molecule has 1 atom stereocenters. The van der Waals surface area contributed by atoms with Gasteiger partial charge in [-0.2, -0.15) is 0 Å². The van der Waals surface area contributed by atoms with Gasteiger partial charge in [0.25, 0.3) is 0 Å². The Hall–Kier alpha value is -1.83. The monoisotopic (exact) mass is 406 g/mol. The molecule has 0 saturated carbocycles. The van der Waals surface area contributed by atoms with Gasteiger partial charge in [-0.1, -0.05) is 12.1 Å². The van der Waals surface area contributed by atoms with Crippen LogP contribution in [0.2, 0.25) is 0 Å². The molecule has 1 fully saturated rings. The van der Waals surface area contributed by atoms with Crippen LogP contribution in [0.3, 0.4) is 0 Å². The molecule has 0 amide bonds. The first kappa shape index (κ1) is 23.4. The van der Waals surface area contributed by atoms with E-state index in [1.807, 2.05) is 12.1 Å². The summed E-state index contributed by atoms with van der Waals surface area (Å²) < 4.78 is 16.9. The van der Waals surface area contributed by atoms with Gasteiger partial charge in [-0.05, 0) is 58.0 Å². The highest BCUT2D eigenvalue weighted by Gasteiger charge is 2.15. The molecule has 1 aromatic carbocycles. The fraction of sp³-hybridized carbons (Fsp3) is 0.682. The van der Waals surface area contributed by atoms with E-state index >= 15 is 0 Å². The number of hydrogen-bond acceptors (Lipinski definition) is 5. The Morgan fingerprint density at radius 1 is 1.17 bits per heavy atom. The van der Waals surface area contributed by atoms with Gasteiger partial charge in [0.1, 0.15) is 5.75 Å². The molecular formula is C22H38N4O3. The van der Waals surface area contributed by atoms with Gasteiger partial charge in [0.15, 0.2) is 5.96 Å². The van der Waals surface area contributed by atoms with E-state index in [0.717, 1.165) is 82.6 Å². The second-order valence-electron chi connectivity index (χ2n) is 7.48. The Labute approximate surface area is 175 Å². The molecule has 2 N–H and O–H groups in total. The number of benzene rings is 1. The Balaban J connectivity index is 1.66. The molecule has 0 radical (unpaired) electrons. The number of ether oxygens (including phenoxy) is 3. The second kappa shape index (κ2) is 14.2. The molecule has 7 nitrogen and oxygen atoms in total. The van der Waals surface area contributed by atoms with Crippen molar-refractivity contribution in [2.24, 2.45) is 4.99 Å². The highest BCUT2D eigenvalue weighted by atomic mass is 16.5. The van der Waals surface area contributed by atoms with Gasteiger partial charge in [-0.15, -0.1) is 0 Å². The van der Waals surface area contributed by atoms with Crippen molar-refractivity contribution in [1.29, 1.82) is 0 Å². The molecule has 1 saturated heterocycles. The normalized spacial score (nSPS) is 17.0. The van der Waals surface area contributed by atoms with Crippen LogP contribution in [0, 0.1) is 0 Å². The molecule has 2 rings (SSSR count). The van der Waals surface area contributed by atoms with E-state index in [9.17, 15) is 0 Å².